The number of hydrogen-bond acceptors (Lipinski definition) is 4. The molecule has 176 valence electrons. The Bertz CT molecular complexity index is 1290. The summed E-state index contributed by atoms with van der Waals surface area (Å²) in [6.45, 7) is 2.67. The summed E-state index contributed by atoms with van der Waals surface area (Å²) >= 11 is 0. The van der Waals surface area contributed by atoms with Gasteiger partial charge >= 0.3 is 5.69 Å². The van der Waals surface area contributed by atoms with Crippen molar-refractivity contribution < 1.29 is 9.66 Å². The minimum Gasteiger partial charge on any atom is -0.490 e. The van der Waals surface area contributed by atoms with Crippen molar-refractivity contribution in [3.63, 3.8) is 0 Å². The van der Waals surface area contributed by atoms with Crippen LogP contribution in [0.15, 0.2) is 78.4 Å². The molecule has 0 aromatic heterocycles. The Morgan fingerprint density at radius 1 is 0.914 bits per heavy atom. The summed E-state index contributed by atoms with van der Waals surface area (Å²) in [5.74, 6) is 0.282. The van der Waals surface area contributed by atoms with Gasteiger partial charge in [-0.25, -0.2) is 0 Å². The van der Waals surface area contributed by atoms with Gasteiger partial charge in [0.1, 0.15) is 0 Å². The first-order valence-electron chi connectivity index (χ1n) is 11.9. The summed E-state index contributed by atoms with van der Waals surface area (Å²) in [4.78, 5) is 13.5. The molecule has 0 radical (unpaired) electrons. The fraction of sp³-hybridized carbons (Fsp3) is 0.200. The minimum atomic E-state index is -0.380. The molecular formula is C30H28N2O3. The number of hydrogen-bond donors (Lipinski definition) is 0. The highest BCUT2D eigenvalue weighted by Crippen LogP contribution is 2.38. The molecule has 1 aliphatic carbocycles. The number of piperidine rings is 1. The third-order valence-electron chi connectivity index (χ3n) is 6.81. The van der Waals surface area contributed by atoms with Crippen LogP contribution in [0.2, 0.25) is 0 Å². The summed E-state index contributed by atoms with van der Waals surface area (Å²) in [5.41, 5.74) is 8.59. The fourth-order valence-corrected chi connectivity index (χ4v) is 5.06. The lowest BCUT2D eigenvalue weighted by molar-refractivity contribution is -0.386. The number of para-hydroxylation sites is 1. The molecule has 1 saturated heterocycles. The first kappa shape index (κ1) is 22.8. The van der Waals surface area contributed by atoms with E-state index < -0.39 is 0 Å². The smallest absolute Gasteiger partial charge is 0.318 e. The molecule has 0 spiro atoms. The second-order valence-electron chi connectivity index (χ2n) is 8.84. The van der Waals surface area contributed by atoms with Crippen LogP contribution in [0.4, 0.5) is 5.69 Å². The number of methoxy groups -OCH3 is 1. The SMILES string of the molecule is COc1cccc(C=CCN2CCC(=C3c4ccccc4C=Cc4ccccc43)CC2)c1[N+](=O)[O-]. The van der Waals surface area contributed by atoms with Crippen LogP contribution < -0.4 is 4.74 Å². The number of nitro benzene ring substituents is 1. The standard InChI is InChI=1S/C30H28N2O3/c1-35-28-14-6-10-25(30(28)32(33)34)11-7-19-31-20-17-24(18-21-31)29-26-12-4-2-8-22(26)15-16-23-9-3-5-13-27(23)29/h2-16H,17-21H2,1H3. The number of likely N-dealkylation sites (tertiary alicyclic amines) is 1. The molecule has 0 unspecified atom stereocenters. The zero-order valence-electron chi connectivity index (χ0n) is 19.8. The highest BCUT2D eigenvalue weighted by molar-refractivity contribution is 5.94. The van der Waals surface area contributed by atoms with Crippen LogP contribution in [0.5, 0.6) is 5.75 Å². The van der Waals surface area contributed by atoms with Crippen molar-refractivity contribution in [1.29, 1.82) is 0 Å². The first-order chi connectivity index (χ1) is 17.2. The van der Waals surface area contributed by atoms with E-state index in [4.69, 9.17) is 4.74 Å². The van der Waals surface area contributed by atoms with Gasteiger partial charge in [-0.2, -0.15) is 0 Å². The maximum Gasteiger partial charge on any atom is 0.318 e. The van der Waals surface area contributed by atoms with Gasteiger partial charge in [-0.15, -0.1) is 0 Å². The molecule has 1 fully saturated rings. The average Bonchev–Trinajstić information content (AvgIpc) is 3.06. The molecule has 5 rings (SSSR count). The van der Waals surface area contributed by atoms with Crippen molar-refractivity contribution in [3.8, 4) is 5.75 Å². The molecule has 0 amide bonds. The summed E-state index contributed by atoms with van der Waals surface area (Å²) in [7, 11) is 1.46. The van der Waals surface area contributed by atoms with Gasteiger partial charge in [0.05, 0.1) is 17.6 Å². The zero-order valence-corrected chi connectivity index (χ0v) is 19.8. The van der Waals surface area contributed by atoms with Gasteiger partial charge in [-0.1, -0.05) is 84.5 Å². The molecule has 5 nitrogen and oxygen atoms in total. The Kier molecular flexibility index (Phi) is 6.59. The molecule has 1 heterocycles. The maximum atomic E-state index is 11.5. The summed E-state index contributed by atoms with van der Waals surface area (Å²) < 4.78 is 5.18. The Hall–Kier alpha value is -3.96. The van der Waals surface area contributed by atoms with Crippen molar-refractivity contribution >= 4 is 29.5 Å². The van der Waals surface area contributed by atoms with Crippen LogP contribution in [-0.2, 0) is 0 Å². The average molecular weight is 465 g/mol. The number of fused-ring (bicyclic) bond motifs is 2. The summed E-state index contributed by atoms with van der Waals surface area (Å²) in [6, 6.07) is 22.5. The van der Waals surface area contributed by atoms with Crippen molar-refractivity contribution in [2.45, 2.75) is 12.8 Å². The first-order valence-corrected chi connectivity index (χ1v) is 11.9. The minimum absolute atomic E-state index is 0.0104. The van der Waals surface area contributed by atoms with Crippen LogP contribution >= 0.6 is 0 Å². The van der Waals surface area contributed by atoms with Gasteiger partial charge in [0.15, 0.2) is 5.75 Å². The largest absolute Gasteiger partial charge is 0.490 e. The third kappa shape index (κ3) is 4.68. The quantitative estimate of drug-likeness (QED) is 0.244. The van der Waals surface area contributed by atoms with E-state index in [1.165, 1.54) is 40.5 Å². The molecule has 3 aromatic carbocycles. The van der Waals surface area contributed by atoms with E-state index in [0.29, 0.717) is 5.56 Å². The van der Waals surface area contributed by atoms with Gasteiger partial charge in [0.2, 0.25) is 0 Å². The van der Waals surface area contributed by atoms with E-state index in [2.05, 4.69) is 65.6 Å². The Labute approximate surface area is 205 Å². The number of nitro groups is 1. The predicted molar refractivity (Wildman–Crippen MR) is 142 cm³/mol. The lowest BCUT2D eigenvalue weighted by Crippen LogP contribution is -2.31. The van der Waals surface area contributed by atoms with Crippen LogP contribution in [0, 0.1) is 10.1 Å². The van der Waals surface area contributed by atoms with Gasteiger partial charge in [0.25, 0.3) is 0 Å². The van der Waals surface area contributed by atoms with Crippen LogP contribution in [0.1, 0.15) is 40.7 Å². The van der Waals surface area contributed by atoms with E-state index >= 15 is 0 Å². The van der Waals surface area contributed by atoms with Crippen molar-refractivity contribution in [3.05, 3.63) is 116 Å². The molecule has 0 N–H and O–H groups in total. The molecule has 1 aliphatic heterocycles. The highest BCUT2D eigenvalue weighted by Gasteiger charge is 2.22. The Morgan fingerprint density at radius 2 is 1.54 bits per heavy atom. The van der Waals surface area contributed by atoms with Gasteiger partial charge in [-0.05, 0) is 52.8 Å². The zero-order chi connectivity index (χ0) is 24.2. The molecule has 35 heavy (non-hydrogen) atoms. The van der Waals surface area contributed by atoms with Gasteiger partial charge < -0.3 is 4.74 Å². The van der Waals surface area contributed by atoms with Crippen molar-refractivity contribution in [2.24, 2.45) is 0 Å². The van der Waals surface area contributed by atoms with Gasteiger partial charge in [-0.3, -0.25) is 15.0 Å². The maximum absolute atomic E-state index is 11.5. The molecule has 3 aromatic rings. The van der Waals surface area contributed by atoms with E-state index in [-0.39, 0.29) is 16.4 Å². The number of benzene rings is 3. The lowest BCUT2D eigenvalue weighted by Gasteiger charge is -2.29. The Morgan fingerprint density at radius 3 is 2.14 bits per heavy atom. The molecule has 5 heteroatoms. The summed E-state index contributed by atoms with van der Waals surface area (Å²) in [5, 5.41) is 11.5. The van der Waals surface area contributed by atoms with E-state index in [1.54, 1.807) is 18.2 Å². The second kappa shape index (κ2) is 10.1. The second-order valence-corrected chi connectivity index (χ2v) is 8.84. The van der Waals surface area contributed by atoms with E-state index in [9.17, 15) is 10.1 Å². The molecular weight excluding hydrogens is 436 g/mol. The summed E-state index contributed by atoms with van der Waals surface area (Å²) in [6.07, 6.45) is 10.3. The fourth-order valence-electron chi connectivity index (χ4n) is 5.06. The third-order valence-corrected chi connectivity index (χ3v) is 6.81. The van der Waals surface area contributed by atoms with E-state index in [1.807, 2.05) is 12.2 Å². The van der Waals surface area contributed by atoms with Crippen LogP contribution in [0.25, 0.3) is 23.8 Å². The van der Waals surface area contributed by atoms with Crippen LogP contribution in [-0.4, -0.2) is 36.6 Å². The molecule has 2 aliphatic rings. The van der Waals surface area contributed by atoms with Crippen molar-refractivity contribution in [2.75, 3.05) is 26.7 Å². The number of ether oxygens (including phenoxy) is 1. The molecule has 0 saturated carbocycles. The predicted octanol–water partition coefficient (Wildman–Crippen LogP) is 6.70. The Balaban J connectivity index is 1.35. The number of rotatable bonds is 5. The molecule has 0 bridgehead atoms. The van der Waals surface area contributed by atoms with Crippen molar-refractivity contribution in [1.82, 2.24) is 4.90 Å². The van der Waals surface area contributed by atoms with Crippen LogP contribution in [0.3, 0.4) is 0 Å². The highest BCUT2D eigenvalue weighted by atomic mass is 16.6. The van der Waals surface area contributed by atoms with Gasteiger partial charge in [0, 0.05) is 19.6 Å². The topological polar surface area (TPSA) is 55.6 Å². The monoisotopic (exact) mass is 464 g/mol. The number of nitrogens with zero attached hydrogens (tertiary/aromatic N) is 2. The van der Waals surface area contributed by atoms with E-state index in [0.717, 1.165) is 32.5 Å². The normalized spacial score (nSPS) is 15.6. The molecule has 0 atom stereocenters. The lowest BCUT2D eigenvalue weighted by atomic mass is 9.86.